The number of benzene rings is 2. The average Bonchev–Trinajstić information content (AvgIpc) is 2.60. The third kappa shape index (κ3) is 5.41. The second-order valence-electron chi connectivity index (χ2n) is 5.93. The first-order chi connectivity index (χ1) is 12.4. The Morgan fingerprint density at radius 2 is 1.73 bits per heavy atom. The SMILES string of the molecule is CC(CC(=O)Nc1ccc(N(C)C)cc1)=NNC(=O)c1ccccc1F. The molecule has 0 fully saturated rings. The third-order valence-electron chi connectivity index (χ3n) is 3.55. The zero-order valence-electron chi connectivity index (χ0n) is 14.9. The highest BCUT2D eigenvalue weighted by Crippen LogP contribution is 2.15. The van der Waals surface area contributed by atoms with Crippen molar-refractivity contribution in [3.8, 4) is 0 Å². The molecular weight excluding hydrogens is 335 g/mol. The van der Waals surface area contributed by atoms with Crippen molar-refractivity contribution in [2.24, 2.45) is 5.10 Å². The topological polar surface area (TPSA) is 73.8 Å². The van der Waals surface area contributed by atoms with Crippen molar-refractivity contribution in [3.05, 3.63) is 59.9 Å². The highest BCUT2D eigenvalue weighted by Gasteiger charge is 2.10. The molecule has 6 nitrogen and oxygen atoms in total. The maximum atomic E-state index is 13.5. The molecule has 2 rings (SSSR count). The molecule has 0 bridgehead atoms. The van der Waals surface area contributed by atoms with E-state index in [2.05, 4.69) is 15.8 Å². The second kappa shape index (κ2) is 8.75. The van der Waals surface area contributed by atoms with Crippen LogP contribution < -0.4 is 15.6 Å². The minimum atomic E-state index is -0.665. The number of nitrogens with one attached hydrogen (secondary N) is 2. The van der Waals surface area contributed by atoms with Gasteiger partial charge in [-0.15, -0.1) is 0 Å². The predicted molar refractivity (Wildman–Crippen MR) is 101 cm³/mol. The molecule has 0 atom stereocenters. The molecule has 0 aliphatic heterocycles. The monoisotopic (exact) mass is 356 g/mol. The average molecular weight is 356 g/mol. The minimum Gasteiger partial charge on any atom is -0.378 e. The van der Waals surface area contributed by atoms with E-state index in [0.29, 0.717) is 11.4 Å². The zero-order valence-corrected chi connectivity index (χ0v) is 14.9. The van der Waals surface area contributed by atoms with Crippen molar-refractivity contribution in [2.45, 2.75) is 13.3 Å². The first kappa shape index (κ1) is 19.1. The van der Waals surface area contributed by atoms with Crippen molar-refractivity contribution in [3.63, 3.8) is 0 Å². The molecule has 7 heteroatoms. The van der Waals surface area contributed by atoms with Crippen LogP contribution in [0.5, 0.6) is 0 Å². The van der Waals surface area contributed by atoms with Crippen LogP contribution >= 0.6 is 0 Å². The Bertz CT molecular complexity index is 817. The second-order valence-corrected chi connectivity index (χ2v) is 5.93. The van der Waals surface area contributed by atoms with E-state index in [1.807, 2.05) is 31.1 Å². The van der Waals surface area contributed by atoms with Crippen LogP contribution in [0, 0.1) is 5.82 Å². The standard InChI is InChI=1S/C19H21FN4O2/c1-13(22-23-19(26)16-6-4-5-7-17(16)20)12-18(25)21-14-8-10-15(11-9-14)24(2)3/h4-11H,12H2,1-3H3,(H,21,25)(H,23,26). The van der Waals surface area contributed by atoms with Crippen molar-refractivity contribution < 1.29 is 14.0 Å². The number of rotatable bonds is 6. The van der Waals surface area contributed by atoms with Crippen LogP contribution in [0.25, 0.3) is 0 Å². The van der Waals surface area contributed by atoms with Gasteiger partial charge in [-0.3, -0.25) is 9.59 Å². The number of amides is 2. The summed E-state index contributed by atoms with van der Waals surface area (Å²) in [5.41, 5.74) is 4.24. The van der Waals surface area contributed by atoms with Crippen molar-refractivity contribution >= 4 is 28.9 Å². The van der Waals surface area contributed by atoms with E-state index in [1.54, 1.807) is 25.1 Å². The summed E-state index contributed by atoms with van der Waals surface area (Å²) >= 11 is 0. The first-order valence-corrected chi connectivity index (χ1v) is 8.02. The first-order valence-electron chi connectivity index (χ1n) is 8.02. The lowest BCUT2D eigenvalue weighted by molar-refractivity contribution is -0.115. The van der Waals surface area contributed by atoms with Gasteiger partial charge in [0.1, 0.15) is 5.82 Å². The van der Waals surface area contributed by atoms with Crippen molar-refractivity contribution in [1.29, 1.82) is 0 Å². The number of halogens is 1. The van der Waals surface area contributed by atoms with Gasteiger partial charge >= 0.3 is 0 Å². The molecule has 0 saturated heterocycles. The van der Waals surface area contributed by atoms with E-state index in [9.17, 15) is 14.0 Å². The molecule has 26 heavy (non-hydrogen) atoms. The Hall–Kier alpha value is -3.22. The summed E-state index contributed by atoms with van der Waals surface area (Å²) in [7, 11) is 3.87. The van der Waals surface area contributed by atoms with Gasteiger partial charge in [-0.05, 0) is 43.3 Å². The Morgan fingerprint density at radius 1 is 1.08 bits per heavy atom. The largest absolute Gasteiger partial charge is 0.378 e. The van der Waals surface area contributed by atoms with Crippen molar-refractivity contribution in [1.82, 2.24) is 5.43 Å². The van der Waals surface area contributed by atoms with Gasteiger partial charge in [-0.1, -0.05) is 12.1 Å². The summed E-state index contributed by atoms with van der Waals surface area (Å²) in [5, 5.41) is 6.60. The van der Waals surface area contributed by atoms with Crippen LogP contribution in [0.3, 0.4) is 0 Å². The van der Waals surface area contributed by atoms with Gasteiger partial charge < -0.3 is 10.2 Å². The quantitative estimate of drug-likeness (QED) is 0.617. The van der Waals surface area contributed by atoms with E-state index >= 15 is 0 Å². The molecule has 136 valence electrons. The minimum absolute atomic E-state index is 0.00693. The summed E-state index contributed by atoms with van der Waals surface area (Å²) in [4.78, 5) is 25.9. The van der Waals surface area contributed by atoms with Crippen LogP contribution in [-0.4, -0.2) is 31.6 Å². The number of nitrogens with zero attached hydrogens (tertiary/aromatic N) is 2. The Balaban J connectivity index is 1.89. The lowest BCUT2D eigenvalue weighted by atomic mass is 10.2. The summed E-state index contributed by atoms with van der Waals surface area (Å²) in [5.74, 6) is -1.55. The molecule has 0 aromatic heterocycles. The molecule has 0 spiro atoms. The van der Waals surface area contributed by atoms with Gasteiger partial charge in [-0.25, -0.2) is 9.82 Å². The van der Waals surface area contributed by atoms with Crippen LogP contribution in [-0.2, 0) is 4.79 Å². The lowest BCUT2D eigenvalue weighted by Gasteiger charge is -2.13. The fourth-order valence-corrected chi connectivity index (χ4v) is 2.17. The van der Waals surface area contributed by atoms with Crippen LogP contribution in [0.2, 0.25) is 0 Å². The van der Waals surface area contributed by atoms with Crippen LogP contribution in [0.4, 0.5) is 15.8 Å². The number of hydrazone groups is 1. The normalized spacial score (nSPS) is 11.0. The smallest absolute Gasteiger partial charge is 0.274 e. The number of carbonyl (C=O) groups is 2. The number of carbonyl (C=O) groups excluding carboxylic acids is 2. The van der Waals surface area contributed by atoms with Crippen molar-refractivity contribution in [2.75, 3.05) is 24.3 Å². The Kier molecular flexibility index (Phi) is 6.43. The maximum absolute atomic E-state index is 13.5. The fourth-order valence-electron chi connectivity index (χ4n) is 2.17. The molecule has 0 heterocycles. The number of anilines is 2. The maximum Gasteiger partial charge on any atom is 0.274 e. The summed E-state index contributed by atoms with van der Waals surface area (Å²) < 4.78 is 13.5. The van der Waals surface area contributed by atoms with E-state index in [4.69, 9.17) is 0 Å². The van der Waals surface area contributed by atoms with Gasteiger partial charge in [-0.2, -0.15) is 5.10 Å². The summed E-state index contributed by atoms with van der Waals surface area (Å²) in [6, 6.07) is 13.0. The number of hydrogen-bond acceptors (Lipinski definition) is 4. The van der Waals surface area contributed by atoms with Gasteiger partial charge in [0, 0.05) is 31.2 Å². The van der Waals surface area contributed by atoms with Crippen LogP contribution in [0.15, 0.2) is 53.6 Å². The van der Waals surface area contributed by atoms with E-state index in [1.165, 1.54) is 18.2 Å². The molecule has 2 N–H and O–H groups in total. The zero-order chi connectivity index (χ0) is 19.1. The lowest BCUT2D eigenvalue weighted by Crippen LogP contribution is -2.22. The predicted octanol–water partition coefficient (Wildman–Crippen LogP) is 3.03. The van der Waals surface area contributed by atoms with Gasteiger partial charge in [0.2, 0.25) is 5.91 Å². The summed E-state index contributed by atoms with van der Waals surface area (Å²) in [6.45, 7) is 1.61. The molecule has 0 aliphatic carbocycles. The molecule has 0 aliphatic rings. The molecule has 2 aromatic rings. The van der Waals surface area contributed by atoms with Gasteiger partial charge in [0.15, 0.2) is 0 Å². The van der Waals surface area contributed by atoms with E-state index < -0.39 is 11.7 Å². The third-order valence-corrected chi connectivity index (χ3v) is 3.55. The molecule has 0 radical (unpaired) electrons. The Morgan fingerprint density at radius 3 is 2.35 bits per heavy atom. The molecule has 2 aromatic carbocycles. The Labute approximate surface area is 151 Å². The summed E-state index contributed by atoms with van der Waals surface area (Å²) in [6.07, 6.45) is 0.00693. The number of hydrogen-bond donors (Lipinski definition) is 2. The highest BCUT2D eigenvalue weighted by atomic mass is 19.1. The highest BCUT2D eigenvalue weighted by molar-refractivity contribution is 6.06. The fraction of sp³-hybridized carbons (Fsp3) is 0.211. The molecule has 2 amide bonds. The van der Waals surface area contributed by atoms with Gasteiger partial charge in [0.25, 0.3) is 5.91 Å². The van der Waals surface area contributed by atoms with E-state index in [0.717, 1.165) is 5.69 Å². The molecule has 0 saturated carbocycles. The van der Waals surface area contributed by atoms with Gasteiger partial charge in [0.05, 0.1) is 12.0 Å². The van der Waals surface area contributed by atoms with Crippen LogP contribution in [0.1, 0.15) is 23.7 Å². The molecular formula is C19H21FN4O2. The molecule has 0 unspecified atom stereocenters. The van der Waals surface area contributed by atoms with E-state index in [-0.39, 0.29) is 17.9 Å².